The number of fused-ring (bicyclic) bond motifs is 1. The van der Waals surface area contributed by atoms with Gasteiger partial charge in [0.15, 0.2) is 11.7 Å². The van der Waals surface area contributed by atoms with Crippen molar-refractivity contribution in [3.63, 3.8) is 0 Å². The second-order valence-corrected chi connectivity index (χ2v) is 10.7. The molecule has 192 valence electrons. The van der Waals surface area contributed by atoms with Crippen LogP contribution < -0.4 is 5.32 Å². The lowest BCUT2D eigenvalue weighted by molar-refractivity contribution is -0.223. The van der Waals surface area contributed by atoms with Crippen molar-refractivity contribution in [2.45, 2.75) is 52.6 Å². The number of piperidine rings is 1. The molecular weight excluding hydrogens is 454 g/mol. The summed E-state index contributed by atoms with van der Waals surface area (Å²) in [5, 5.41) is 12.9. The molecule has 1 aromatic rings. The summed E-state index contributed by atoms with van der Waals surface area (Å²) in [6.07, 6.45) is -0.266. The third kappa shape index (κ3) is 5.22. The molecule has 35 heavy (non-hydrogen) atoms. The van der Waals surface area contributed by atoms with Gasteiger partial charge in [0.1, 0.15) is 18.6 Å². The van der Waals surface area contributed by atoms with Gasteiger partial charge in [0.05, 0.1) is 6.61 Å². The van der Waals surface area contributed by atoms with Crippen LogP contribution in [0, 0.1) is 28.6 Å². The fourth-order valence-corrected chi connectivity index (χ4v) is 5.10. The minimum absolute atomic E-state index is 0.0222. The van der Waals surface area contributed by atoms with E-state index in [2.05, 4.69) is 5.32 Å². The number of carbonyl (C=O) groups excluding carboxylic acids is 2. The highest BCUT2D eigenvalue weighted by Crippen LogP contribution is 2.61. The molecule has 9 nitrogen and oxygen atoms in total. The van der Waals surface area contributed by atoms with Crippen molar-refractivity contribution in [1.29, 1.82) is 0 Å². The summed E-state index contributed by atoms with van der Waals surface area (Å²) >= 11 is 0. The number of esters is 2. The molecule has 4 rings (SSSR count). The van der Waals surface area contributed by atoms with Gasteiger partial charge in [-0.3, -0.25) is 14.4 Å². The van der Waals surface area contributed by atoms with Crippen LogP contribution in [0.15, 0.2) is 30.3 Å². The maximum absolute atomic E-state index is 13.1. The molecule has 0 bridgehead atoms. The summed E-state index contributed by atoms with van der Waals surface area (Å²) in [6, 6.07) is 9.43. The molecule has 2 heterocycles. The molecule has 1 aromatic carbocycles. The Morgan fingerprint density at radius 3 is 2.49 bits per heavy atom. The van der Waals surface area contributed by atoms with Crippen molar-refractivity contribution in [3.05, 3.63) is 35.9 Å². The van der Waals surface area contributed by atoms with Crippen molar-refractivity contribution in [2.75, 3.05) is 26.3 Å². The molecule has 0 aromatic heterocycles. The Labute approximate surface area is 205 Å². The predicted octanol–water partition coefficient (Wildman–Crippen LogP) is 2.38. The van der Waals surface area contributed by atoms with Gasteiger partial charge in [0.2, 0.25) is 0 Å². The average Bonchev–Trinajstić information content (AvgIpc) is 3.21. The molecule has 0 amide bonds. The minimum Gasteiger partial charge on any atom is -0.480 e. The van der Waals surface area contributed by atoms with Crippen LogP contribution in [0.3, 0.4) is 0 Å². The molecule has 2 saturated heterocycles. The van der Waals surface area contributed by atoms with E-state index in [4.69, 9.17) is 18.9 Å². The SMILES string of the molecule is CC(C)(C)C(COC1OCCCC1C(=O)OCc1ccccc1)OC(=O)C1(C(=O)O)C2CNCC21. The normalized spacial score (nSPS) is 30.7. The van der Waals surface area contributed by atoms with Gasteiger partial charge in [-0.1, -0.05) is 51.1 Å². The van der Waals surface area contributed by atoms with E-state index in [0.717, 1.165) is 5.56 Å². The topological polar surface area (TPSA) is 120 Å². The molecule has 2 aliphatic heterocycles. The van der Waals surface area contributed by atoms with E-state index in [0.29, 0.717) is 32.5 Å². The van der Waals surface area contributed by atoms with Crippen LogP contribution in [0.4, 0.5) is 0 Å². The molecule has 3 aliphatic rings. The van der Waals surface area contributed by atoms with E-state index in [9.17, 15) is 19.5 Å². The van der Waals surface area contributed by atoms with E-state index < -0.39 is 47.0 Å². The monoisotopic (exact) mass is 489 g/mol. The smallest absolute Gasteiger partial charge is 0.324 e. The molecule has 0 radical (unpaired) electrons. The van der Waals surface area contributed by atoms with E-state index >= 15 is 0 Å². The quantitative estimate of drug-likeness (QED) is 0.398. The number of carboxylic acid groups (broad SMARTS) is 1. The molecule has 5 atom stereocenters. The Morgan fingerprint density at radius 2 is 1.86 bits per heavy atom. The first-order valence-electron chi connectivity index (χ1n) is 12.2. The number of carboxylic acids is 1. The average molecular weight is 490 g/mol. The molecule has 0 spiro atoms. The Hall–Kier alpha value is -2.49. The highest BCUT2D eigenvalue weighted by molar-refractivity contribution is 6.04. The zero-order valence-electron chi connectivity index (χ0n) is 20.5. The lowest BCUT2D eigenvalue weighted by Gasteiger charge is -2.35. The predicted molar refractivity (Wildman–Crippen MR) is 124 cm³/mol. The first-order chi connectivity index (χ1) is 16.7. The number of nitrogens with one attached hydrogen (secondary N) is 1. The van der Waals surface area contributed by atoms with E-state index in [1.165, 1.54) is 0 Å². The fourth-order valence-electron chi connectivity index (χ4n) is 5.10. The summed E-state index contributed by atoms with van der Waals surface area (Å²) in [5.41, 5.74) is -1.11. The third-order valence-electron chi connectivity index (χ3n) is 7.39. The van der Waals surface area contributed by atoms with Crippen molar-refractivity contribution in [3.8, 4) is 0 Å². The van der Waals surface area contributed by atoms with Crippen LogP contribution in [0.2, 0.25) is 0 Å². The van der Waals surface area contributed by atoms with Gasteiger partial charge in [0.25, 0.3) is 0 Å². The fraction of sp³-hybridized carbons (Fsp3) is 0.654. The molecule has 3 fully saturated rings. The largest absolute Gasteiger partial charge is 0.480 e. The standard InChI is InChI=1S/C26H35NO8/c1-25(2,3)20(35-24(31)26(23(29)30)18-12-27-13-19(18)26)15-34-22-17(10-7-11-32-22)21(28)33-14-16-8-5-4-6-9-16/h4-6,8-9,17-20,22,27H,7,10-15H2,1-3H3,(H,29,30). The van der Waals surface area contributed by atoms with Crippen LogP contribution in [0.5, 0.6) is 0 Å². The van der Waals surface area contributed by atoms with Gasteiger partial charge in [-0.2, -0.15) is 0 Å². The number of ether oxygens (including phenoxy) is 4. The summed E-state index contributed by atoms with van der Waals surface area (Å²) < 4.78 is 23.0. The maximum Gasteiger partial charge on any atom is 0.324 e. The maximum atomic E-state index is 13.1. The summed E-state index contributed by atoms with van der Waals surface area (Å²) in [7, 11) is 0. The van der Waals surface area contributed by atoms with Gasteiger partial charge >= 0.3 is 17.9 Å². The van der Waals surface area contributed by atoms with Crippen LogP contribution in [-0.2, 0) is 39.9 Å². The van der Waals surface area contributed by atoms with Crippen molar-refractivity contribution >= 4 is 17.9 Å². The van der Waals surface area contributed by atoms with E-state index in [1.807, 2.05) is 51.1 Å². The van der Waals surface area contributed by atoms with Crippen molar-refractivity contribution in [1.82, 2.24) is 5.32 Å². The van der Waals surface area contributed by atoms with Gasteiger partial charge in [-0.25, -0.2) is 0 Å². The molecule has 1 aliphatic carbocycles. The van der Waals surface area contributed by atoms with Crippen molar-refractivity contribution < 1.29 is 38.4 Å². The number of rotatable bonds is 9. The van der Waals surface area contributed by atoms with Crippen molar-refractivity contribution in [2.24, 2.45) is 28.6 Å². The van der Waals surface area contributed by atoms with Gasteiger partial charge in [0, 0.05) is 36.9 Å². The van der Waals surface area contributed by atoms with E-state index in [-0.39, 0.29) is 25.0 Å². The highest BCUT2D eigenvalue weighted by Gasteiger charge is 2.77. The Kier molecular flexibility index (Phi) is 7.49. The Morgan fingerprint density at radius 1 is 1.17 bits per heavy atom. The first-order valence-corrected chi connectivity index (χ1v) is 12.2. The lowest BCUT2D eigenvalue weighted by atomic mass is 9.89. The molecular formula is C26H35NO8. The van der Waals surface area contributed by atoms with Gasteiger partial charge in [-0.15, -0.1) is 0 Å². The first kappa shape index (κ1) is 25.6. The van der Waals surface area contributed by atoms with Crippen LogP contribution in [-0.4, -0.2) is 61.7 Å². The number of aliphatic carboxylic acids is 1. The van der Waals surface area contributed by atoms with Crippen LogP contribution in [0.1, 0.15) is 39.2 Å². The summed E-state index contributed by atoms with van der Waals surface area (Å²) in [4.78, 5) is 37.9. The van der Waals surface area contributed by atoms with Gasteiger partial charge in [-0.05, 0) is 18.4 Å². The summed E-state index contributed by atoms with van der Waals surface area (Å²) in [5.74, 6) is -3.34. The van der Waals surface area contributed by atoms with Crippen LogP contribution in [0.25, 0.3) is 0 Å². The second-order valence-electron chi connectivity index (χ2n) is 10.7. The molecule has 1 saturated carbocycles. The minimum atomic E-state index is -1.49. The number of hydrogen-bond acceptors (Lipinski definition) is 8. The zero-order chi connectivity index (χ0) is 25.2. The summed E-state index contributed by atoms with van der Waals surface area (Å²) in [6.45, 7) is 7.26. The Balaban J connectivity index is 1.37. The number of hydrogen-bond donors (Lipinski definition) is 2. The van der Waals surface area contributed by atoms with Crippen LogP contribution >= 0.6 is 0 Å². The molecule has 5 unspecified atom stereocenters. The Bertz CT molecular complexity index is 917. The third-order valence-corrected chi connectivity index (χ3v) is 7.39. The molecule has 9 heteroatoms. The number of benzene rings is 1. The van der Waals surface area contributed by atoms with Gasteiger partial charge < -0.3 is 29.4 Å². The number of carbonyl (C=O) groups is 3. The highest BCUT2D eigenvalue weighted by atomic mass is 16.7. The second kappa shape index (κ2) is 10.2. The zero-order valence-corrected chi connectivity index (χ0v) is 20.5. The molecule has 2 N–H and O–H groups in total. The lowest BCUT2D eigenvalue weighted by Crippen LogP contribution is -2.45. The van der Waals surface area contributed by atoms with E-state index in [1.54, 1.807) is 0 Å².